The van der Waals surface area contributed by atoms with Crippen molar-refractivity contribution in [2.24, 2.45) is 0 Å². The molecule has 73 heavy (non-hydrogen) atoms. The molecule has 1 aliphatic rings. The summed E-state index contributed by atoms with van der Waals surface area (Å²) in [7, 11) is 0. The van der Waals surface area contributed by atoms with E-state index in [1.165, 1.54) is 5.56 Å². The van der Waals surface area contributed by atoms with Gasteiger partial charge in [-0.3, -0.25) is 0 Å². The average Bonchev–Trinajstić information content (AvgIpc) is 3.97. The van der Waals surface area contributed by atoms with E-state index in [1.807, 2.05) is 91.0 Å². The van der Waals surface area contributed by atoms with Gasteiger partial charge in [0.25, 0.3) is 0 Å². The maximum atomic E-state index is 8.61. The molecule has 0 saturated heterocycles. The summed E-state index contributed by atoms with van der Waals surface area (Å²) in [5.41, 5.74) is 14.5. The van der Waals surface area contributed by atoms with Crippen LogP contribution in [0.1, 0.15) is 36.0 Å². The topological polar surface area (TPSA) is 38.5 Å². The van der Waals surface area contributed by atoms with Crippen LogP contribution in [0.25, 0.3) is 55.8 Å². The number of pyridine rings is 1. The molecule has 6 nitrogen and oxygen atoms in total. The second-order valence-electron chi connectivity index (χ2n) is 19.1. The molecule has 0 spiro atoms. The van der Waals surface area contributed by atoms with Crippen molar-refractivity contribution in [2.75, 3.05) is 9.62 Å². The molecule has 0 bridgehead atoms. The van der Waals surface area contributed by atoms with Gasteiger partial charge in [0.1, 0.15) is 0 Å². The molecule has 2 aromatic heterocycles. The molecule has 8 heteroatoms. The number of aryl methyl sites for hydroxylation is 1. The van der Waals surface area contributed by atoms with Crippen LogP contribution in [-0.4, -0.2) is 21.1 Å². The molecule has 0 aliphatic carbocycles. The summed E-state index contributed by atoms with van der Waals surface area (Å²) in [6, 6.07) is 85.3. The maximum absolute atomic E-state index is 8.61. The van der Waals surface area contributed by atoms with Gasteiger partial charge in [0.05, 0.1) is 0 Å². The molecule has 356 valence electrons. The quantitative estimate of drug-likeness (QED) is 0.101. The van der Waals surface area contributed by atoms with E-state index in [1.54, 1.807) is 12.1 Å². The normalized spacial score (nSPS) is 13.2. The summed E-state index contributed by atoms with van der Waals surface area (Å²) in [4.78, 5) is 9.89. The van der Waals surface area contributed by atoms with Crippen molar-refractivity contribution in [3.05, 3.63) is 258 Å². The zero-order valence-corrected chi connectivity index (χ0v) is 42.7. The zero-order chi connectivity index (χ0) is 52.1. The molecule has 0 radical (unpaired) electrons. The summed E-state index contributed by atoms with van der Waals surface area (Å²) >= 11 is 2.45. The summed E-state index contributed by atoms with van der Waals surface area (Å²) in [6.45, 7) is 3.99. The van der Waals surface area contributed by atoms with E-state index >= 15 is 0 Å². The Balaban J connectivity index is 1.03. The zero-order valence-electron chi connectivity index (χ0n) is 43.5. The van der Waals surface area contributed by atoms with E-state index in [4.69, 9.17) is 13.8 Å². The molecular weight excluding hydrogens is 1070 g/mol. The van der Waals surface area contributed by atoms with Gasteiger partial charge in [-0.25, -0.2) is 0 Å². The number of para-hydroxylation sites is 5. The molecule has 3 heterocycles. The molecule has 0 fully saturated rings. The first-order valence-electron chi connectivity index (χ1n) is 25.9. The number of aromatic nitrogens is 3. The average molecular weight is 1130 g/mol. The van der Waals surface area contributed by atoms with Crippen molar-refractivity contribution >= 4 is 46.4 Å². The number of hydrogen-bond donors (Lipinski definition) is 0. The second kappa shape index (κ2) is 19.1. The number of fused-ring (bicyclic) bond motifs is 2. The number of nitrogens with zero attached hydrogens (tertiary/aromatic N) is 5. The number of imidazole rings is 1. The molecule has 12 rings (SSSR count). The second-order valence-corrected chi connectivity index (χ2v) is 20.1. The van der Waals surface area contributed by atoms with Crippen molar-refractivity contribution < 1.29 is 28.2 Å². The molecular formula is C65H50BN5OPt-2. The minimum atomic E-state index is -2.41. The van der Waals surface area contributed by atoms with Gasteiger partial charge >= 0.3 is 361 Å². The number of ether oxygens (including phenoxy) is 1. The van der Waals surface area contributed by atoms with Crippen LogP contribution >= 0.6 is 0 Å². The van der Waals surface area contributed by atoms with Crippen LogP contribution in [0.4, 0.5) is 22.9 Å². The Kier molecular flexibility index (Phi) is 11.1. The molecule has 1 aliphatic heterocycles. The van der Waals surface area contributed by atoms with E-state index in [0.717, 1.165) is 71.0 Å². The van der Waals surface area contributed by atoms with Gasteiger partial charge in [0.2, 0.25) is 0 Å². The van der Waals surface area contributed by atoms with Crippen LogP contribution in [0.15, 0.2) is 231 Å². The van der Waals surface area contributed by atoms with Gasteiger partial charge in [-0.15, -0.1) is 6.07 Å². The summed E-state index contributed by atoms with van der Waals surface area (Å²) in [6.07, 6.45) is 0. The monoisotopic (exact) mass is 1130 g/mol. The SMILES string of the molecule is [2H]C([2H])([2H])c1ccccc1-c1ccc(N2B(c3ccccc3)N(c3ccccc3)c3ccc[c-]c32)nc1Oc1[c-]c(-n2[c](=[Pt])n(-c3c(-c4ccccc4)cccc3-c3cccc(C(C)(C)C)c3)c3ccccc32)ccc1. The summed E-state index contributed by atoms with van der Waals surface area (Å²) in [5, 5.41) is 0. The Bertz CT molecular complexity index is 4010. The van der Waals surface area contributed by atoms with Crippen LogP contribution < -0.4 is 19.8 Å². The third kappa shape index (κ3) is 8.44. The van der Waals surface area contributed by atoms with Gasteiger partial charge in [0, 0.05) is 5.69 Å². The summed E-state index contributed by atoms with van der Waals surface area (Å²) < 4.78 is 38.4. The third-order valence-electron chi connectivity index (χ3n) is 13.5. The van der Waals surface area contributed by atoms with Crippen molar-refractivity contribution in [1.29, 1.82) is 0 Å². The molecule has 9 aromatic carbocycles. The van der Waals surface area contributed by atoms with Crippen LogP contribution in [0.3, 0.4) is 0 Å². The van der Waals surface area contributed by atoms with E-state index in [-0.39, 0.29) is 23.8 Å². The molecule has 0 unspecified atom stereocenters. The predicted octanol–water partition coefficient (Wildman–Crippen LogP) is 15.6. The van der Waals surface area contributed by atoms with Gasteiger partial charge < -0.3 is 0 Å². The van der Waals surface area contributed by atoms with E-state index in [0.29, 0.717) is 22.7 Å². The van der Waals surface area contributed by atoms with Gasteiger partial charge in [-0.05, 0) is 12.1 Å². The minimum absolute atomic E-state index is 0.0450. The van der Waals surface area contributed by atoms with Crippen molar-refractivity contribution in [3.8, 4) is 56.4 Å². The molecule has 11 aromatic rings. The number of benzene rings is 9. The first-order chi connectivity index (χ1) is 36.9. The number of anilines is 4. The van der Waals surface area contributed by atoms with Gasteiger partial charge in [-0.2, -0.15) is 12.1 Å². The van der Waals surface area contributed by atoms with E-state index < -0.39 is 6.85 Å². The van der Waals surface area contributed by atoms with E-state index in [9.17, 15) is 0 Å². The van der Waals surface area contributed by atoms with Gasteiger partial charge in [-0.1, -0.05) is 48.5 Å². The van der Waals surface area contributed by atoms with Crippen molar-refractivity contribution in [1.82, 2.24) is 14.1 Å². The Morgan fingerprint density at radius 2 is 1.22 bits per heavy atom. The number of hydrogen-bond acceptors (Lipinski definition) is 4. The molecule has 0 saturated carbocycles. The van der Waals surface area contributed by atoms with Crippen LogP contribution in [0, 0.1) is 22.8 Å². The molecule has 0 N–H and O–H groups in total. The summed E-state index contributed by atoms with van der Waals surface area (Å²) in [5.74, 6) is 1.22. The predicted molar refractivity (Wildman–Crippen MR) is 297 cm³/mol. The van der Waals surface area contributed by atoms with Gasteiger partial charge in [0.15, 0.2) is 0 Å². The van der Waals surface area contributed by atoms with Crippen LogP contribution in [0.2, 0.25) is 0 Å². The number of rotatable bonds is 10. The fourth-order valence-corrected chi connectivity index (χ4v) is 11.2. The third-order valence-corrected chi connectivity index (χ3v) is 14.5. The van der Waals surface area contributed by atoms with Crippen molar-refractivity contribution in [3.63, 3.8) is 0 Å². The molecule has 0 amide bonds. The Morgan fingerprint density at radius 1 is 0.575 bits per heavy atom. The first kappa shape index (κ1) is 42.4. The first-order valence-corrected chi connectivity index (χ1v) is 25.5. The van der Waals surface area contributed by atoms with E-state index in [2.05, 4.69) is 198 Å². The van der Waals surface area contributed by atoms with Crippen LogP contribution in [0.5, 0.6) is 11.6 Å². The molecule has 0 atom stereocenters. The Hall–Kier alpha value is -8.25. The van der Waals surface area contributed by atoms with Crippen molar-refractivity contribution in [2.45, 2.75) is 33.0 Å². The fourth-order valence-electron chi connectivity index (χ4n) is 10.1. The Labute approximate surface area is 442 Å². The standard InChI is InChI=1S/C65H50BN5O.Pt/c1-46-23-14-15-34-54(46)57-41-42-62(71-61-40-19-18-39-60(61)70(51-30-12-7-13-31-51)66(71)50-28-10-6-11-29-50)67-64(57)72-53-33-21-32-52(44-53)68-45-69(59-38-17-16-37-58(59)68)63-55(47-24-8-5-9-25-47)35-22-36-56(63)48-26-20-27-49(43-48)65(2,3)4;/h5-39,41-43H,1-4H3;/q-2;/i1D3;. The fraction of sp³-hybridized carbons (Fsp3) is 0.0769. The Morgan fingerprint density at radius 3 is 1.99 bits per heavy atom. The van der Waals surface area contributed by atoms with Crippen LogP contribution in [-0.2, 0) is 24.8 Å².